The Hall–Kier alpha value is -3.30. The molecule has 5 aliphatic rings. The number of carbonyl (C=O) groups excluding carboxylic acids is 2. The van der Waals surface area contributed by atoms with Crippen LogP contribution >= 0.6 is 23.2 Å². The number of benzene rings is 3. The molecule has 4 aromatic rings. The largest absolute Gasteiger partial charge is 0.380 e. The van der Waals surface area contributed by atoms with Gasteiger partial charge < -0.3 is 14.6 Å². The molecular formula is C37H35Cl2FN4O3. The minimum Gasteiger partial charge on any atom is -0.380 e. The quantitative estimate of drug-likeness (QED) is 0.204. The second-order valence-corrected chi connectivity index (χ2v) is 15.4. The van der Waals surface area contributed by atoms with Gasteiger partial charge in [0, 0.05) is 64.6 Å². The number of aryl methyl sites for hydroxylation is 1. The molecule has 0 radical (unpaired) electrons. The van der Waals surface area contributed by atoms with Gasteiger partial charge in [0.15, 0.2) is 5.78 Å². The number of fused-ring (bicyclic) bond motifs is 7. The summed E-state index contributed by atoms with van der Waals surface area (Å²) < 4.78 is 23.9. The number of ketones is 1. The lowest BCUT2D eigenvalue weighted by molar-refractivity contribution is -0.128. The Morgan fingerprint density at radius 3 is 2.70 bits per heavy atom. The highest BCUT2D eigenvalue weighted by Gasteiger charge is 2.69. The Morgan fingerprint density at radius 1 is 1.11 bits per heavy atom. The van der Waals surface area contributed by atoms with E-state index >= 15 is 4.39 Å². The van der Waals surface area contributed by atoms with E-state index in [1.54, 1.807) is 24.3 Å². The average molecular weight is 674 g/mol. The summed E-state index contributed by atoms with van der Waals surface area (Å²) in [5.74, 6) is -0.221. The first kappa shape index (κ1) is 29.8. The third-order valence-corrected chi connectivity index (χ3v) is 12.0. The topological polar surface area (TPSA) is 76.5 Å². The van der Waals surface area contributed by atoms with E-state index in [0.29, 0.717) is 53.9 Å². The van der Waals surface area contributed by atoms with E-state index < -0.39 is 17.3 Å². The van der Waals surface area contributed by atoms with Crippen LogP contribution in [-0.4, -0.2) is 51.9 Å². The van der Waals surface area contributed by atoms with E-state index in [2.05, 4.69) is 21.7 Å². The van der Waals surface area contributed by atoms with Crippen molar-refractivity contribution in [2.75, 3.05) is 25.1 Å². The maximum Gasteiger partial charge on any atom is 0.250 e. The summed E-state index contributed by atoms with van der Waals surface area (Å²) in [7, 11) is 0. The van der Waals surface area contributed by atoms with Crippen molar-refractivity contribution >= 4 is 51.6 Å². The highest BCUT2D eigenvalue weighted by molar-refractivity contribution is 6.31. The molecule has 0 bridgehead atoms. The standard InChI is InChI=1S/C37H35Cl2FN4O3/c1-36(18-47-19-36)13-11-30(45)21-7-10-28-27(15-21)41-34-31-29(12-14-43(28)34)44(17-20-5-6-20)37(32(31)23-3-2-4-25(39)33(23)40)24-9-8-22(38)16-26(24)42-35(37)46/h2-4,7-10,15-16,20,29,31-32H,5-6,11-14,17-19H2,1H3,(H,42,46)/t29-,31+,32-,37+/m0/s1. The number of ether oxygens (including phenoxy) is 1. The number of hydrogen-bond donors (Lipinski definition) is 1. The number of halogens is 3. The molecule has 242 valence electrons. The van der Waals surface area contributed by atoms with Crippen molar-refractivity contribution in [2.45, 2.75) is 69.0 Å². The van der Waals surface area contributed by atoms with Crippen LogP contribution in [0.15, 0.2) is 54.6 Å². The van der Waals surface area contributed by atoms with E-state index in [1.165, 1.54) is 0 Å². The van der Waals surface area contributed by atoms with Gasteiger partial charge in [-0.2, -0.15) is 0 Å². The number of nitrogens with zero attached hydrogens (tertiary/aromatic N) is 3. The van der Waals surface area contributed by atoms with Crippen LogP contribution in [0, 0.1) is 17.2 Å². The normalized spacial score (nSPS) is 27.4. The van der Waals surface area contributed by atoms with Gasteiger partial charge in [0.2, 0.25) is 5.91 Å². The highest BCUT2D eigenvalue weighted by atomic mass is 35.5. The number of anilines is 1. The number of rotatable bonds is 7. The molecule has 1 aliphatic carbocycles. The molecular weight excluding hydrogens is 638 g/mol. The molecule has 4 aliphatic heterocycles. The zero-order valence-electron chi connectivity index (χ0n) is 26.1. The fourth-order valence-corrected chi connectivity index (χ4v) is 9.28. The Balaban J connectivity index is 1.21. The van der Waals surface area contributed by atoms with Crippen molar-refractivity contribution in [2.24, 2.45) is 11.3 Å². The van der Waals surface area contributed by atoms with Gasteiger partial charge in [-0.15, -0.1) is 0 Å². The number of hydrogen-bond acceptors (Lipinski definition) is 5. The van der Waals surface area contributed by atoms with E-state index in [9.17, 15) is 9.59 Å². The third kappa shape index (κ3) is 4.41. The monoisotopic (exact) mass is 672 g/mol. The van der Waals surface area contributed by atoms with Gasteiger partial charge in [-0.1, -0.05) is 48.3 Å². The fraction of sp³-hybridized carbons (Fsp3) is 0.432. The molecule has 47 heavy (non-hydrogen) atoms. The second-order valence-electron chi connectivity index (χ2n) is 14.6. The predicted octanol–water partition coefficient (Wildman–Crippen LogP) is 7.69. The summed E-state index contributed by atoms with van der Waals surface area (Å²) in [6.45, 7) is 4.98. The van der Waals surface area contributed by atoms with Crippen LogP contribution in [0.5, 0.6) is 0 Å². The van der Waals surface area contributed by atoms with Gasteiger partial charge in [-0.25, -0.2) is 9.37 Å². The maximum absolute atomic E-state index is 16.4. The minimum absolute atomic E-state index is 0.0272. The molecule has 0 unspecified atom stereocenters. The zero-order chi connectivity index (χ0) is 32.2. The molecule has 3 fully saturated rings. The number of nitrogens with one attached hydrogen (secondary N) is 1. The molecule has 10 heteroatoms. The van der Waals surface area contributed by atoms with Crippen LogP contribution < -0.4 is 5.32 Å². The predicted molar refractivity (Wildman–Crippen MR) is 179 cm³/mol. The number of imidazole rings is 1. The Bertz CT molecular complexity index is 1990. The van der Waals surface area contributed by atoms with Crippen molar-refractivity contribution in [1.29, 1.82) is 0 Å². The molecule has 1 saturated carbocycles. The number of aromatic nitrogens is 2. The molecule has 2 saturated heterocycles. The minimum atomic E-state index is -1.18. The van der Waals surface area contributed by atoms with Crippen molar-refractivity contribution in [3.05, 3.63) is 93.0 Å². The molecule has 1 aromatic heterocycles. The lowest BCUT2D eigenvalue weighted by Crippen LogP contribution is -2.53. The molecule has 1 N–H and O–H groups in total. The maximum atomic E-state index is 16.4. The van der Waals surface area contributed by atoms with Crippen molar-refractivity contribution in [3.63, 3.8) is 0 Å². The average Bonchev–Trinajstić information content (AvgIpc) is 3.63. The first-order chi connectivity index (χ1) is 22.7. The molecule has 3 aromatic carbocycles. The summed E-state index contributed by atoms with van der Waals surface area (Å²) in [6, 6.07) is 16.4. The SMILES string of the molecule is CC1(CCC(=O)c2ccc3c(c2)nc2n3CC[C@H]3[C@@H]2[C@H](c2cccc(Cl)c2F)[C@]2(C(=O)Nc4cc(Cl)ccc42)N3CC2CC2)COC1. The molecule has 9 rings (SSSR count). The number of amides is 1. The van der Waals surface area contributed by atoms with Crippen LogP contribution in [0.2, 0.25) is 10.0 Å². The summed E-state index contributed by atoms with van der Waals surface area (Å²) in [4.78, 5) is 35.6. The van der Waals surface area contributed by atoms with Gasteiger partial charge in [0.1, 0.15) is 17.2 Å². The molecule has 5 heterocycles. The summed E-state index contributed by atoms with van der Waals surface area (Å²) in [6.07, 6.45) is 4.23. The fourth-order valence-electron chi connectivity index (χ4n) is 8.92. The van der Waals surface area contributed by atoms with Gasteiger partial charge in [-0.3, -0.25) is 14.5 Å². The summed E-state index contributed by atoms with van der Waals surface area (Å²) in [5.41, 5.74) is 3.09. The lowest BCUT2D eigenvalue weighted by atomic mass is 9.70. The smallest absolute Gasteiger partial charge is 0.250 e. The lowest BCUT2D eigenvalue weighted by Gasteiger charge is -2.40. The molecule has 4 atom stereocenters. The van der Waals surface area contributed by atoms with Gasteiger partial charge >= 0.3 is 0 Å². The van der Waals surface area contributed by atoms with Crippen LogP contribution in [0.4, 0.5) is 10.1 Å². The number of carbonyl (C=O) groups is 2. The van der Waals surface area contributed by atoms with Crippen LogP contribution in [0.1, 0.15) is 78.2 Å². The van der Waals surface area contributed by atoms with Gasteiger partial charge in [0.05, 0.1) is 29.3 Å². The summed E-state index contributed by atoms with van der Waals surface area (Å²) in [5, 5.41) is 3.70. The Morgan fingerprint density at radius 2 is 1.94 bits per heavy atom. The molecule has 1 amide bonds. The van der Waals surface area contributed by atoms with Crippen molar-refractivity contribution in [1.82, 2.24) is 14.5 Å². The number of Topliss-reactive ketones (excluding diaryl/α,β-unsaturated/α-hetero) is 1. The first-order valence-corrected chi connectivity index (χ1v) is 17.4. The van der Waals surface area contributed by atoms with Gasteiger partial charge in [-0.05, 0) is 73.6 Å². The number of likely N-dealkylation sites (tertiary alicyclic amines) is 1. The van der Waals surface area contributed by atoms with E-state index in [0.717, 1.165) is 54.6 Å². The molecule has 7 nitrogen and oxygen atoms in total. The molecule has 1 spiro atoms. The second kappa shape index (κ2) is 10.6. The van der Waals surface area contributed by atoms with E-state index in [-0.39, 0.29) is 34.1 Å². The first-order valence-electron chi connectivity index (χ1n) is 16.6. The Kier molecular flexibility index (Phi) is 6.72. The highest BCUT2D eigenvalue weighted by Crippen LogP contribution is 2.64. The van der Waals surface area contributed by atoms with E-state index in [1.807, 2.05) is 30.3 Å². The zero-order valence-corrected chi connectivity index (χ0v) is 27.6. The van der Waals surface area contributed by atoms with Crippen LogP contribution in [0.25, 0.3) is 11.0 Å². The third-order valence-electron chi connectivity index (χ3n) is 11.4. The Labute approximate surface area is 282 Å². The summed E-state index contributed by atoms with van der Waals surface area (Å²) >= 11 is 12.9. The van der Waals surface area contributed by atoms with Crippen LogP contribution in [-0.2, 0) is 21.6 Å². The van der Waals surface area contributed by atoms with E-state index in [4.69, 9.17) is 32.9 Å². The van der Waals surface area contributed by atoms with Gasteiger partial charge in [0.25, 0.3) is 0 Å². The van der Waals surface area contributed by atoms with Crippen molar-refractivity contribution in [3.8, 4) is 0 Å². The van der Waals surface area contributed by atoms with Crippen molar-refractivity contribution < 1.29 is 18.7 Å². The van der Waals surface area contributed by atoms with Crippen LogP contribution in [0.3, 0.4) is 0 Å².